The lowest BCUT2D eigenvalue weighted by Crippen LogP contribution is -2.04. The number of carbonyl (C=O) groups is 2. The fraction of sp³-hybridized carbons (Fsp3) is 0.176. The summed E-state index contributed by atoms with van der Waals surface area (Å²) in [7, 11) is 0. The minimum absolute atomic E-state index is 0.0564. The summed E-state index contributed by atoms with van der Waals surface area (Å²) in [6.07, 6.45) is 3.29. The molecule has 0 saturated heterocycles. The Kier molecular flexibility index (Phi) is 4.72. The molecule has 0 amide bonds. The van der Waals surface area contributed by atoms with E-state index in [1.54, 1.807) is 43.3 Å². The number of rotatable bonds is 5. The van der Waals surface area contributed by atoms with E-state index in [1.807, 2.05) is 13.0 Å². The van der Waals surface area contributed by atoms with Crippen LogP contribution in [0.2, 0.25) is 0 Å². The van der Waals surface area contributed by atoms with Gasteiger partial charge in [-0.2, -0.15) is 0 Å². The topological polar surface area (TPSA) is 56.5 Å². The molecule has 0 fully saturated rings. The lowest BCUT2D eigenvalue weighted by Gasteiger charge is -2.02. The van der Waals surface area contributed by atoms with Crippen molar-refractivity contribution in [2.75, 3.05) is 0 Å². The second-order valence-electron chi connectivity index (χ2n) is 4.50. The largest absolute Gasteiger partial charge is 0.462 e. The van der Waals surface area contributed by atoms with E-state index in [1.165, 1.54) is 6.08 Å². The molecule has 0 atom stereocenters. The van der Waals surface area contributed by atoms with Gasteiger partial charge in [0.25, 0.3) is 0 Å². The Labute approximate surface area is 123 Å². The molecule has 2 aromatic rings. The van der Waals surface area contributed by atoms with Gasteiger partial charge in [0.15, 0.2) is 5.78 Å². The highest BCUT2D eigenvalue weighted by molar-refractivity contribution is 5.96. The van der Waals surface area contributed by atoms with Gasteiger partial charge in [-0.15, -0.1) is 0 Å². The van der Waals surface area contributed by atoms with Crippen molar-refractivity contribution in [3.63, 3.8) is 0 Å². The number of Topliss-reactive ketones (excluding diaryl/α,β-unsaturated/α-hetero) is 1. The number of carbonyl (C=O) groups excluding carboxylic acids is 2. The van der Waals surface area contributed by atoms with Crippen LogP contribution in [-0.4, -0.2) is 11.8 Å². The Morgan fingerprint density at radius 1 is 1.14 bits per heavy atom. The summed E-state index contributed by atoms with van der Waals surface area (Å²) in [6.45, 7) is 3.63. The first-order valence-corrected chi connectivity index (χ1v) is 6.68. The Morgan fingerprint density at radius 2 is 1.86 bits per heavy atom. The van der Waals surface area contributed by atoms with Crippen molar-refractivity contribution in [3.05, 3.63) is 59.6 Å². The summed E-state index contributed by atoms with van der Waals surface area (Å²) in [4.78, 5) is 23.1. The molecule has 21 heavy (non-hydrogen) atoms. The Hall–Kier alpha value is -2.62. The smallest absolute Gasteiger partial charge is 0.336 e. The highest BCUT2D eigenvalue weighted by atomic mass is 16.5. The normalized spacial score (nSPS) is 10.8. The molecule has 4 nitrogen and oxygen atoms in total. The molecule has 1 aromatic carbocycles. The number of benzene rings is 1. The Balaban J connectivity index is 1.96. The van der Waals surface area contributed by atoms with E-state index in [-0.39, 0.29) is 5.78 Å². The van der Waals surface area contributed by atoms with E-state index >= 15 is 0 Å². The van der Waals surface area contributed by atoms with Gasteiger partial charge in [-0.05, 0) is 49.4 Å². The second kappa shape index (κ2) is 6.70. The van der Waals surface area contributed by atoms with Crippen LogP contribution in [-0.2, 0) is 4.79 Å². The molecule has 2 rings (SSSR count). The van der Waals surface area contributed by atoms with Crippen molar-refractivity contribution in [2.45, 2.75) is 20.3 Å². The third-order valence-corrected chi connectivity index (χ3v) is 2.86. The standard InChI is InChI=1S/C17H16O4/c1-3-16(18)13-5-8-15(9-6-13)21-17(19)11-10-14-7-4-12(2)20-14/h4-11H,3H2,1-2H3/b11-10+. The van der Waals surface area contributed by atoms with Gasteiger partial charge in [-0.25, -0.2) is 4.79 Å². The van der Waals surface area contributed by atoms with Crippen LogP contribution in [0.15, 0.2) is 46.9 Å². The van der Waals surface area contributed by atoms with Gasteiger partial charge in [0.2, 0.25) is 0 Å². The molecule has 0 spiro atoms. The fourth-order valence-corrected chi connectivity index (χ4v) is 1.76. The number of esters is 1. The quantitative estimate of drug-likeness (QED) is 0.363. The van der Waals surface area contributed by atoms with Crippen molar-refractivity contribution in [2.24, 2.45) is 0 Å². The molecular formula is C17H16O4. The van der Waals surface area contributed by atoms with E-state index in [0.717, 1.165) is 5.76 Å². The zero-order valence-corrected chi connectivity index (χ0v) is 12.0. The number of aryl methyl sites for hydroxylation is 1. The van der Waals surface area contributed by atoms with Crippen LogP contribution >= 0.6 is 0 Å². The molecule has 4 heteroatoms. The molecular weight excluding hydrogens is 268 g/mol. The van der Waals surface area contributed by atoms with Crippen LogP contribution in [0.25, 0.3) is 6.08 Å². The van der Waals surface area contributed by atoms with Crippen LogP contribution in [0.5, 0.6) is 5.75 Å². The number of furan rings is 1. The summed E-state index contributed by atoms with van der Waals surface area (Å²) < 4.78 is 10.4. The number of hydrogen-bond acceptors (Lipinski definition) is 4. The Bertz CT molecular complexity index is 662. The lowest BCUT2D eigenvalue weighted by molar-refractivity contribution is -0.128. The van der Waals surface area contributed by atoms with Crippen LogP contribution in [0.4, 0.5) is 0 Å². The number of ketones is 1. The third kappa shape index (κ3) is 4.18. The van der Waals surface area contributed by atoms with Gasteiger partial charge in [0.1, 0.15) is 17.3 Å². The van der Waals surface area contributed by atoms with Gasteiger partial charge >= 0.3 is 5.97 Å². The molecule has 0 radical (unpaired) electrons. The second-order valence-corrected chi connectivity index (χ2v) is 4.50. The molecule has 1 heterocycles. The molecule has 1 aromatic heterocycles. The zero-order valence-electron chi connectivity index (χ0n) is 12.0. The monoisotopic (exact) mass is 284 g/mol. The van der Waals surface area contributed by atoms with Crippen LogP contribution in [0.1, 0.15) is 35.2 Å². The minimum Gasteiger partial charge on any atom is -0.462 e. The van der Waals surface area contributed by atoms with E-state index in [2.05, 4.69) is 0 Å². The highest BCUT2D eigenvalue weighted by Gasteiger charge is 2.05. The molecule has 0 saturated carbocycles. The summed E-state index contributed by atoms with van der Waals surface area (Å²) in [5, 5.41) is 0. The lowest BCUT2D eigenvalue weighted by atomic mass is 10.1. The van der Waals surface area contributed by atoms with E-state index < -0.39 is 5.97 Å². The third-order valence-electron chi connectivity index (χ3n) is 2.86. The SMILES string of the molecule is CCC(=O)c1ccc(OC(=O)/C=C/c2ccc(C)o2)cc1. The summed E-state index contributed by atoms with van der Waals surface area (Å²) in [5.41, 5.74) is 0.610. The van der Waals surface area contributed by atoms with Crippen molar-refractivity contribution in [1.29, 1.82) is 0 Å². The van der Waals surface area contributed by atoms with Crippen molar-refractivity contribution < 1.29 is 18.7 Å². The first kappa shape index (κ1) is 14.8. The molecule has 0 aliphatic heterocycles. The van der Waals surface area contributed by atoms with Crippen molar-refractivity contribution >= 4 is 17.8 Å². The van der Waals surface area contributed by atoms with Crippen molar-refractivity contribution in [3.8, 4) is 5.75 Å². The maximum absolute atomic E-state index is 11.6. The molecule has 0 aliphatic rings. The van der Waals surface area contributed by atoms with Crippen LogP contribution in [0.3, 0.4) is 0 Å². The van der Waals surface area contributed by atoms with Gasteiger partial charge in [0, 0.05) is 18.1 Å². The maximum atomic E-state index is 11.6. The van der Waals surface area contributed by atoms with Crippen LogP contribution < -0.4 is 4.74 Å². The van der Waals surface area contributed by atoms with E-state index in [9.17, 15) is 9.59 Å². The minimum atomic E-state index is -0.501. The van der Waals surface area contributed by atoms with E-state index in [4.69, 9.17) is 9.15 Å². The predicted octanol–water partition coefficient (Wildman–Crippen LogP) is 3.80. The van der Waals surface area contributed by atoms with Gasteiger partial charge in [-0.1, -0.05) is 6.92 Å². The van der Waals surface area contributed by atoms with Gasteiger partial charge in [-0.3, -0.25) is 4.79 Å². The first-order chi connectivity index (χ1) is 10.1. The molecule has 0 unspecified atom stereocenters. The fourth-order valence-electron chi connectivity index (χ4n) is 1.76. The molecule has 0 bridgehead atoms. The average molecular weight is 284 g/mol. The van der Waals surface area contributed by atoms with Gasteiger partial charge in [0.05, 0.1) is 0 Å². The Morgan fingerprint density at radius 3 is 2.43 bits per heavy atom. The van der Waals surface area contributed by atoms with Gasteiger partial charge < -0.3 is 9.15 Å². The predicted molar refractivity (Wildman–Crippen MR) is 79.2 cm³/mol. The number of hydrogen-bond donors (Lipinski definition) is 0. The number of ether oxygens (including phenoxy) is 1. The maximum Gasteiger partial charge on any atom is 0.336 e. The summed E-state index contributed by atoms with van der Waals surface area (Å²) in [5.74, 6) is 1.32. The average Bonchev–Trinajstić information content (AvgIpc) is 2.91. The van der Waals surface area contributed by atoms with E-state index in [0.29, 0.717) is 23.5 Å². The molecule has 0 N–H and O–H groups in total. The van der Waals surface area contributed by atoms with Crippen LogP contribution in [0, 0.1) is 6.92 Å². The van der Waals surface area contributed by atoms with Crippen molar-refractivity contribution in [1.82, 2.24) is 0 Å². The summed E-state index contributed by atoms with van der Waals surface area (Å²) in [6, 6.07) is 10.1. The zero-order chi connectivity index (χ0) is 15.2. The highest BCUT2D eigenvalue weighted by Crippen LogP contribution is 2.14. The first-order valence-electron chi connectivity index (χ1n) is 6.68. The molecule has 108 valence electrons. The molecule has 0 aliphatic carbocycles. The summed E-state index contributed by atoms with van der Waals surface area (Å²) >= 11 is 0.